The average Bonchev–Trinajstić information content (AvgIpc) is 3.52. The number of hydrogen-bond donors (Lipinski definition) is 2. The molecule has 2 aromatic heterocycles. The van der Waals surface area contributed by atoms with Crippen LogP contribution in [0.4, 0.5) is 0 Å². The first-order valence-corrected chi connectivity index (χ1v) is 9.18. The number of aromatic nitrogens is 2. The lowest BCUT2D eigenvalue weighted by molar-refractivity contribution is 1.30. The van der Waals surface area contributed by atoms with Gasteiger partial charge < -0.3 is 9.97 Å². The van der Waals surface area contributed by atoms with E-state index in [-0.39, 0.29) is 0 Å². The molecular weight excluding hydrogens is 344 g/mol. The number of aliphatic imine (C=N–C) groups is 2. The Hall–Kier alpha value is -3.92. The van der Waals surface area contributed by atoms with Crippen molar-refractivity contribution in [3.05, 3.63) is 119 Å². The molecule has 4 nitrogen and oxygen atoms in total. The van der Waals surface area contributed by atoms with Crippen molar-refractivity contribution in [3.8, 4) is 0 Å². The summed E-state index contributed by atoms with van der Waals surface area (Å²) in [5, 5.41) is 0. The van der Waals surface area contributed by atoms with Gasteiger partial charge in [-0.3, -0.25) is 9.98 Å². The van der Waals surface area contributed by atoms with Gasteiger partial charge in [0.15, 0.2) is 0 Å². The Kier molecular flexibility index (Phi) is 4.07. The molecule has 1 aromatic carbocycles. The topological polar surface area (TPSA) is 56.3 Å². The SMILES string of the molecule is C1=C/C(=C(\c2ccc(/C(=C3/C=CC=N3)c3ccc[nH]3)cc2)c2ccc[nH]2)N=C1. The molecule has 0 atom stereocenters. The Morgan fingerprint density at radius 3 is 1.39 bits per heavy atom. The molecule has 0 unspecified atom stereocenters. The highest BCUT2D eigenvalue weighted by Crippen LogP contribution is 2.32. The Morgan fingerprint density at radius 2 is 1.07 bits per heavy atom. The fraction of sp³-hybridized carbons (Fsp3) is 0. The molecular formula is C24H18N4. The third-order valence-electron chi connectivity index (χ3n) is 4.82. The van der Waals surface area contributed by atoms with E-state index in [4.69, 9.17) is 0 Å². The van der Waals surface area contributed by atoms with Gasteiger partial charge >= 0.3 is 0 Å². The minimum absolute atomic E-state index is 0.960. The number of rotatable bonds is 4. The second kappa shape index (κ2) is 7.00. The number of hydrogen-bond acceptors (Lipinski definition) is 2. The van der Waals surface area contributed by atoms with Gasteiger partial charge in [-0.05, 0) is 59.7 Å². The molecule has 0 amide bonds. The molecule has 2 aliphatic heterocycles. The molecule has 3 aromatic rings. The number of nitrogens with zero attached hydrogens (tertiary/aromatic N) is 2. The predicted molar refractivity (Wildman–Crippen MR) is 115 cm³/mol. The minimum atomic E-state index is 0.960. The zero-order valence-corrected chi connectivity index (χ0v) is 15.1. The van der Waals surface area contributed by atoms with E-state index in [0.29, 0.717) is 0 Å². The maximum Gasteiger partial charge on any atom is 0.0729 e. The summed E-state index contributed by atoms with van der Waals surface area (Å²) < 4.78 is 0. The molecule has 0 fully saturated rings. The predicted octanol–water partition coefficient (Wildman–Crippen LogP) is 5.14. The number of allylic oxidation sites excluding steroid dienone is 4. The van der Waals surface area contributed by atoms with Crippen LogP contribution in [-0.4, -0.2) is 22.4 Å². The number of benzene rings is 1. The maximum absolute atomic E-state index is 4.51. The zero-order valence-electron chi connectivity index (χ0n) is 15.1. The fourth-order valence-corrected chi connectivity index (χ4v) is 3.55. The van der Waals surface area contributed by atoms with E-state index in [9.17, 15) is 0 Å². The van der Waals surface area contributed by atoms with Crippen molar-refractivity contribution >= 4 is 23.6 Å². The number of H-pyrrole nitrogens is 2. The van der Waals surface area contributed by atoms with Gasteiger partial charge in [0, 0.05) is 47.4 Å². The molecule has 5 rings (SSSR count). The van der Waals surface area contributed by atoms with E-state index in [0.717, 1.165) is 45.1 Å². The maximum atomic E-state index is 4.51. The van der Waals surface area contributed by atoms with Crippen LogP contribution in [0.5, 0.6) is 0 Å². The van der Waals surface area contributed by atoms with Crippen molar-refractivity contribution in [3.63, 3.8) is 0 Å². The van der Waals surface area contributed by atoms with Crippen molar-refractivity contribution in [2.45, 2.75) is 0 Å². The van der Waals surface area contributed by atoms with E-state index >= 15 is 0 Å². The molecule has 4 heterocycles. The first-order chi connectivity index (χ1) is 13.9. The highest BCUT2D eigenvalue weighted by Gasteiger charge is 2.15. The van der Waals surface area contributed by atoms with Gasteiger partial charge in [-0.15, -0.1) is 0 Å². The Balaban J connectivity index is 1.61. The summed E-state index contributed by atoms with van der Waals surface area (Å²) in [6.45, 7) is 0. The molecule has 28 heavy (non-hydrogen) atoms. The van der Waals surface area contributed by atoms with Crippen LogP contribution in [0.15, 0.2) is 107 Å². The van der Waals surface area contributed by atoms with E-state index in [2.05, 4.69) is 56.4 Å². The summed E-state index contributed by atoms with van der Waals surface area (Å²) in [6.07, 6.45) is 15.5. The van der Waals surface area contributed by atoms with Gasteiger partial charge in [-0.25, -0.2) is 0 Å². The first kappa shape index (κ1) is 16.3. The normalized spacial score (nSPS) is 18.3. The highest BCUT2D eigenvalue weighted by atomic mass is 14.8. The van der Waals surface area contributed by atoms with Gasteiger partial charge in [0.2, 0.25) is 0 Å². The third kappa shape index (κ3) is 2.91. The standard InChI is InChI=1S/C24H18N4/c1-5-19(25-13-1)23(20-6-2-14-26-20)17-9-11-18(12-10-17)24(21-7-3-15-27-21)22-8-4-16-28-22/h1-16,25,27H/b23-20-,24-22+. The van der Waals surface area contributed by atoms with Gasteiger partial charge in [0.1, 0.15) is 0 Å². The molecule has 0 radical (unpaired) electrons. The van der Waals surface area contributed by atoms with Crippen LogP contribution in [-0.2, 0) is 0 Å². The monoisotopic (exact) mass is 362 g/mol. The van der Waals surface area contributed by atoms with Crippen molar-refractivity contribution in [1.29, 1.82) is 0 Å². The zero-order chi connectivity index (χ0) is 18.8. The molecule has 2 aliphatic rings. The lowest BCUT2D eigenvalue weighted by Crippen LogP contribution is -1.95. The Labute approximate surface area is 163 Å². The highest BCUT2D eigenvalue weighted by molar-refractivity contribution is 5.90. The molecule has 0 aliphatic carbocycles. The van der Waals surface area contributed by atoms with Crippen LogP contribution in [0.2, 0.25) is 0 Å². The van der Waals surface area contributed by atoms with Crippen LogP contribution < -0.4 is 0 Å². The first-order valence-electron chi connectivity index (χ1n) is 9.18. The van der Waals surface area contributed by atoms with Crippen LogP contribution in [0.1, 0.15) is 22.5 Å². The molecule has 0 spiro atoms. The smallest absolute Gasteiger partial charge is 0.0729 e. The summed E-state index contributed by atoms with van der Waals surface area (Å²) in [5.41, 5.74) is 8.44. The molecule has 4 heteroatoms. The molecule has 0 saturated carbocycles. The van der Waals surface area contributed by atoms with Gasteiger partial charge in [-0.2, -0.15) is 0 Å². The minimum Gasteiger partial charge on any atom is -0.361 e. The number of nitrogens with one attached hydrogen (secondary N) is 2. The second-order valence-corrected chi connectivity index (χ2v) is 6.54. The average molecular weight is 362 g/mol. The van der Waals surface area contributed by atoms with Crippen molar-refractivity contribution in [2.24, 2.45) is 9.98 Å². The van der Waals surface area contributed by atoms with Gasteiger partial charge in [-0.1, -0.05) is 24.3 Å². The van der Waals surface area contributed by atoms with Crippen LogP contribution >= 0.6 is 0 Å². The second-order valence-electron chi connectivity index (χ2n) is 6.54. The van der Waals surface area contributed by atoms with E-state index in [1.807, 2.05) is 61.3 Å². The lowest BCUT2D eigenvalue weighted by atomic mass is 9.95. The van der Waals surface area contributed by atoms with Crippen LogP contribution in [0.25, 0.3) is 11.1 Å². The van der Waals surface area contributed by atoms with E-state index in [1.165, 1.54) is 0 Å². The van der Waals surface area contributed by atoms with Crippen molar-refractivity contribution < 1.29 is 0 Å². The number of aromatic amines is 2. The Morgan fingerprint density at radius 1 is 0.607 bits per heavy atom. The van der Waals surface area contributed by atoms with Gasteiger partial charge in [0.25, 0.3) is 0 Å². The largest absolute Gasteiger partial charge is 0.361 e. The molecule has 0 saturated heterocycles. The lowest BCUT2D eigenvalue weighted by Gasteiger charge is -2.12. The van der Waals surface area contributed by atoms with Crippen molar-refractivity contribution in [2.75, 3.05) is 0 Å². The van der Waals surface area contributed by atoms with Crippen molar-refractivity contribution in [1.82, 2.24) is 9.97 Å². The van der Waals surface area contributed by atoms with Gasteiger partial charge in [0.05, 0.1) is 11.4 Å². The fourth-order valence-electron chi connectivity index (χ4n) is 3.55. The summed E-state index contributed by atoms with van der Waals surface area (Å²) in [6, 6.07) is 16.7. The molecule has 0 bridgehead atoms. The van der Waals surface area contributed by atoms with E-state index in [1.54, 1.807) is 0 Å². The third-order valence-corrected chi connectivity index (χ3v) is 4.82. The van der Waals surface area contributed by atoms with E-state index < -0.39 is 0 Å². The quantitative estimate of drug-likeness (QED) is 0.645. The summed E-state index contributed by atoms with van der Waals surface area (Å²) in [4.78, 5) is 15.6. The summed E-state index contributed by atoms with van der Waals surface area (Å²) >= 11 is 0. The Bertz CT molecular complexity index is 1040. The molecule has 134 valence electrons. The summed E-state index contributed by atoms with van der Waals surface area (Å²) in [5.74, 6) is 0. The molecule has 2 N–H and O–H groups in total. The van der Waals surface area contributed by atoms with Crippen LogP contribution in [0, 0.1) is 0 Å². The van der Waals surface area contributed by atoms with Crippen LogP contribution in [0.3, 0.4) is 0 Å². The summed E-state index contributed by atoms with van der Waals surface area (Å²) in [7, 11) is 0.